The van der Waals surface area contributed by atoms with Gasteiger partial charge in [0.25, 0.3) is 0 Å². The van der Waals surface area contributed by atoms with Crippen LogP contribution in [0.15, 0.2) is 160 Å². The molecule has 47 heavy (non-hydrogen) atoms. The Morgan fingerprint density at radius 3 is 1.55 bits per heavy atom. The van der Waals surface area contributed by atoms with E-state index in [1.54, 1.807) is 0 Å². The van der Waals surface area contributed by atoms with Crippen molar-refractivity contribution in [3.63, 3.8) is 0 Å². The molecule has 0 radical (unpaired) electrons. The highest BCUT2D eigenvalue weighted by Crippen LogP contribution is 2.41. The zero-order valence-electron chi connectivity index (χ0n) is 25.6. The van der Waals surface area contributed by atoms with Crippen molar-refractivity contribution >= 4 is 49.6 Å². The van der Waals surface area contributed by atoms with Gasteiger partial charge in [0, 0.05) is 40.3 Å². The van der Waals surface area contributed by atoms with Crippen LogP contribution in [0, 0.1) is 0 Å². The molecule has 0 atom stereocenters. The molecule has 0 spiro atoms. The van der Waals surface area contributed by atoms with Crippen LogP contribution in [0.5, 0.6) is 0 Å². The second-order valence-corrected chi connectivity index (χ2v) is 12.6. The van der Waals surface area contributed by atoms with Crippen molar-refractivity contribution in [2.75, 3.05) is 4.90 Å². The van der Waals surface area contributed by atoms with Crippen molar-refractivity contribution in [3.8, 4) is 33.4 Å². The Kier molecular flexibility index (Phi) is 5.70. The van der Waals surface area contributed by atoms with E-state index in [1.165, 1.54) is 44.6 Å². The van der Waals surface area contributed by atoms with Crippen molar-refractivity contribution in [1.82, 2.24) is 0 Å². The molecule has 0 fully saturated rings. The summed E-state index contributed by atoms with van der Waals surface area (Å²) >= 11 is 0. The molecule has 2 aromatic heterocycles. The number of anilines is 1. The van der Waals surface area contributed by atoms with Crippen molar-refractivity contribution in [2.24, 2.45) is 0 Å². The maximum absolute atomic E-state index is 6.27. The molecule has 10 rings (SSSR count). The van der Waals surface area contributed by atoms with Gasteiger partial charge < -0.3 is 13.7 Å². The predicted octanol–water partition coefficient (Wildman–Crippen LogP) is 12.0. The van der Waals surface area contributed by atoms with Crippen LogP contribution < -0.4 is 4.90 Å². The number of fused-ring (bicyclic) bond motifs is 9. The highest BCUT2D eigenvalue weighted by atomic mass is 16.3. The van der Waals surface area contributed by atoms with Crippen molar-refractivity contribution < 1.29 is 8.83 Å². The lowest BCUT2D eigenvalue weighted by Crippen LogP contribution is -2.20. The fourth-order valence-electron chi connectivity index (χ4n) is 7.39. The summed E-state index contributed by atoms with van der Waals surface area (Å²) in [6.45, 7) is 1.67. The second kappa shape index (κ2) is 10.2. The molecule has 9 aromatic rings. The van der Waals surface area contributed by atoms with E-state index in [-0.39, 0.29) is 0 Å². The van der Waals surface area contributed by atoms with Crippen LogP contribution in [0.4, 0.5) is 5.69 Å². The highest BCUT2D eigenvalue weighted by Gasteiger charge is 2.22. The van der Waals surface area contributed by atoms with Crippen LogP contribution in [0.2, 0.25) is 0 Å². The fraction of sp³-hybridized carbons (Fsp3) is 0.0455. The van der Waals surface area contributed by atoms with Gasteiger partial charge in [0.05, 0.1) is 0 Å². The molecule has 3 heteroatoms. The number of furan rings is 2. The Hall–Kier alpha value is -6.06. The van der Waals surface area contributed by atoms with Gasteiger partial charge in [-0.25, -0.2) is 0 Å². The molecule has 1 aliphatic heterocycles. The molecule has 0 saturated carbocycles. The van der Waals surface area contributed by atoms with E-state index in [2.05, 4.69) is 132 Å². The molecule has 3 heterocycles. The Morgan fingerprint density at radius 1 is 0.362 bits per heavy atom. The Morgan fingerprint density at radius 2 is 0.851 bits per heavy atom. The molecule has 0 unspecified atom stereocenters. The zero-order chi connectivity index (χ0) is 30.9. The first-order valence-corrected chi connectivity index (χ1v) is 16.1. The van der Waals surface area contributed by atoms with Crippen molar-refractivity contribution in [1.29, 1.82) is 0 Å². The maximum atomic E-state index is 6.27. The van der Waals surface area contributed by atoms with E-state index in [4.69, 9.17) is 8.83 Å². The standard InChI is InChI=1S/C44H29NO2/c1-2-8-34(9-3-1)45-26-32-16-14-28(30-19-21-43-40(24-30)36-11-5-7-13-42(36)46-43)22-38(32)39-23-29(15-17-33(39)27-45)31-18-20-37-35-10-4-6-12-41(35)47-44(37)25-31/h1-25H,26-27H2. The van der Waals surface area contributed by atoms with Gasteiger partial charge in [0.2, 0.25) is 0 Å². The van der Waals surface area contributed by atoms with Crippen LogP contribution in [-0.4, -0.2) is 0 Å². The lowest BCUT2D eigenvalue weighted by atomic mass is 9.90. The molecule has 0 bridgehead atoms. The van der Waals surface area contributed by atoms with Crippen molar-refractivity contribution in [2.45, 2.75) is 13.1 Å². The average Bonchev–Trinajstić information content (AvgIpc) is 3.64. The van der Waals surface area contributed by atoms with Crippen LogP contribution in [-0.2, 0) is 13.1 Å². The third-order valence-electron chi connectivity index (χ3n) is 9.78. The van der Waals surface area contributed by atoms with Gasteiger partial charge >= 0.3 is 0 Å². The third-order valence-corrected chi connectivity index (χ3v) is 9.78. The summed E-state index contributed by atoms with van der Waals surface area (Å²) in [5.74, 6) is 0. The Balaban J connectivity index is 1.13. The van der Waals surface area contributed by atoms with Crippen molar-refractivity contribution in [3.05, 3.63) is 163 Å². The Labute approximate surface area is 271 Å². The van der Waals surface area contributed by atoms with E-state index in [0.717, 1.165) is 62.5 Å². The molecule has 1 aliphatic rings. The number of nitrogens with zero attached hydrogens (tertiary/aromatic N) is 1. The molecule has 0 aliphatic carbocycles. The largest absolute Gasteiger partial charge is 0.456 e. The lowest BCUT2D eigenvalue weighted by molar-refractivity contribution is 0.668. The smallest absolute Gasteiger partial charge is 0.136 e. The summed E-state index contributed by atoms with van der Waals surface area (Å²) in [6.07, 6.45) is 0. The minimum atomic E-state index is 0.833. The topological polar surface area (TPSA) is 29.5 Å². The van der Waals surface area contributed by atoms with Crippen LogP contribution in [0.3, 0.4) is 0 Å². The first-order chi connectivity index (χ1) is 23.2. The van der Waals surface area contributed by atoms with Crippen LogP contribution in [0.25, 0.3) is 77.3 Å². The van der Waals surface area contributed by atoms with E-state index < -0.39 is 0 Å². The van der Waals surface area contributed by atoms with Gasteiger partial charge in [0.15, 0.2) is 0 Å². The molecular formula is C44H29NO2. The van der Waals surface area contributed by atoms with Gasteiger partial charge in [-0.05, 0) is 105 Å². The maximum Gasteiger partial charge on any atom is 0.136 e. The summed E-state index contributed by atoms with van der Waals surface area (Å²) in [7, 11) is 0. The number of rotatable bonds is 3. The number of hydrogen-bond donors (Lipinski definition) is 0. The number of benzene rings is 7. The van der Waals surface area contributed by atoms with Gasteiger partial charge in [-0.15, -0.1) is 0 Å². The molecule has 0 N–H and O–H groups in total. The Bertz CT molecular complexity index is 2640. The summed E-state index contributed by atoms with van der Waals surface area (Å²) in [5.41, 5.74) is 14.8. The molecule has 3 nitrogen and oxygen atoms in total. The summed E-state index contributed by atoms with van der Waals surface area (Å²) < 4.78 is 12.4. The highest BCUT2D eigenvalue weighted by molar-refractivity contribution is 6.07. The van der Waals surface area contributed by atoms with Gasteiger partial charge in [-0.3, -0.25) is 0 Å². The van der Waals surface area contributed by atoms with Crippen LogP contribution in [0.1, 0.15) is 11.1 Å². The molecule has 0 saturated heterocycles. The first-order valence-electron chi connectivity index (χ1n) is 16.1. The average molecular weight is 604 g/mol. The fourth-order valence-corrected chi connectivity index (χ4v) is 7.39. The minimum Gasteiger partial charge on any atom is -0.456 e. The number of para-hydroxylation sites is 3. The number of hydrogen-bond acceptors (Lipinski definition) is 3. The summed E-state index contributed by atoms with van der Waals surface area (Å²) in [5, 5.41) is 4.59. The van der Waals surface area contributed by atoms with E-state index in [0.29, 0.717) is 0 Å². The monoisotopic (exact) mass is 603 g/mol. The molecular weight excluding hydrogens is 574 g/mol. The zero-order valence-corrected chi connectivity index (χ0v) is 25.6. The van der Waals surface area contributed by atoms with E-state index in [1.807, 2.05) is 24.3 Å². The molecule has 7 aromatic carbocycles. The second-order valence-electron chi connectivity index (χ2n) is 12.6. The minimum absolute atomic E-state index is 0.833. The lowest BCUT2D eigenvalue weighted by Gasteiger charge is -2.24. The quantitative estimate of drug-likeness (QED) is 0.201. The normalized spacial score (nSPS) is 12.9. The van der Waals surface area contributed by atoms with E-state index in [9.17, 15) is 0 Å². The summed E-state index contributed by atoms with van der Waals surface area (Å²) in [6, 6.07) is 54.4. The third kappa shape index (κ3) is 4.28. The first kappa shape index (κ1) is 26.2. The van der Waals surface area contributed by atoms with Gasteiger partial charge in [-0.1, -0.05) is 91.0 Å². The predicted molar refractivity (Wildman–Crippen MR) is 194 cm³/mol. The van der Waals surface area contributed by atoms with E-state index >= 15 is 0 Å². The molecule has 0 amide bonds. The van der Waals surface area contributed by atoms with Gasteiger partial charge in [0.1, 0.15) is 22.3 Å². The van der Waals surface area contributed by atoms with Gasteiger partial charge in [-0.2, -0.15) is 0 Å². The molecule has 222 valence electrons. The van der Waals surface area contributed by atoms with Crippen LogP contribution >= 0.6 is 0 Å². The SMILES string of the molecule is c1ccc(N2Cc3ccc(-c4ccc5c(c4)oc4ccccc45)cc3-c3cc(-c4ccc5oc6ccccc6c5c4)ccc3C2)cc1. The summed E-state index contributed by atoms with van der Waals surface area (Å²) in [4.78, 5) is 2.48.